The second-order valence-corrected chi connectivity index (χ2v) is 14.9. The van der Waals surface area contributed by atoms with Crippen molar-refractivity contribution >= 4 is 113 Å². The average molecular weight is 674 g/mol. The zero-order chi connectivity index (χ0) is 32.8. The molecule has 0 bridgehead atoms. The third kappa shape index (κ3) is 4.01. The van der Waals surface area contributed by atoms with E-state index < -0.39 is 0 Å². The molecular weight excluding hydrogens is 647 g/mol. The number of anilines is 3. The van der Waals surface area contributed by atoms with Crippen LogP contribution >= 0.6 is 22.7 Å². The molecule has 0 atom stereocenters. The van der Waals surface area contributed by atoms with E-state index in [9.17, 15) is 0 Å². The maximum atomic E-state index is 6.75. The number of nitrogens with zero attached hydrogens (tertiary/aromatic N) is 1. The summed E-state index contributed by atoms with van der Waals surface area (Å²) in [6, 6.07) is 59.4. The Labute approximate surface area is 295 Å². The van der Waals surface area contributed by atoms with Crippen molar-refractivity contribution in [1.29, 1.82) is 0 Å². The Morgan fingerprint density at radius 3 is 1.94 bits per heavy atom. The Bertz CT molecular complexity index is 3130. The van der Waals surface area contributed by atoms with Gasteiger partial charge in [0.1, 0.15) is 11.2 Å². The van der Waals surface area contributed by atoms with Crippen LogP contribution in [0.4, 0.5) is 17.1 Å². The molecule has 0 spiro atoms. The third-order valence-corrected chi connectivity index (χ3v) is 12.4. The van der Waals surface area contributed by atoms with Crippen molar-refractivity contribution in [1.82, 2.24) is 0 Å². The Morgan fingerprint density at radius 1 is 0.380 bits per heavy atom. The molecule has 0 saturated carbocycles. The first-order chi connectivity index (χ1) is 24.8. The van der Waals surface area contributed by atoms with Crippen molar-refractivity contribution < 1.29 is 4.42 Å². The molecule has 2 nitrogen and oxygen atoms in total. The van der Waals surface area contributed by atoms with Crippen molar-refractivity contribution in [3.05, 3.63) is 164 Å². The van der Waals surface area contributed by atoms with E-state index in [1.54, 1.807) is 0 Å². The standard InChI is InChI=1S/C46H27NOS2/c1-2-13-29-28(12-1)26-27-35-44-37(20-11-22-39(44)48-45(29)35)47(38-21-9-18-33-31-15-4-7-23-40(31)50-46(33)38)36-19-6-3-14-30(36)32-17-10-25-42-43(32)34-16-5-8-24-41(34)49-42/h1-27H. The minimum atomic E-state index is 0.880. The van der Waals surface area contributed by atoms with Gasteiger partial charge in [0.05, 0.1) is 27.1 Å². The van der Waals surface area contributed by atoms with Gasteiger partial charge in [-0.05, 0) is 59.5 Å². The number of fused-ring (bicyclic) bond motifs is 11. The predicted octanol–water partition coefficient (Wildman–Crippen LogP) is 14.6. The molecule has 0 aliphatic heterocycles. The van der Waals surface area contributed by atoms with Crippen molar-refractivity contribution in [2.45, 2.75) is 0 Å². The Kier molecular flexibility index (Phi) is 6.03. The third-order valence-electron chi connectivity index (χ3n) is 10.1. The number of hydrogen-bond acceptors (Lipinski definition) is 4. The molecule has 0 fully saturated rings. The molecule has 0 N–H and O–H groups in total. The molecule has 3 aromatic heterocycles. The van der Waals surface area contributed by atoms with Gasteiger partial charge in [0.2, 0.25) is 0 Å². The summed E-state index contributed by atoms with van der Waals surface area (Å²) in [5.41, 5.74) is 7.61. The van der Waals surface area contributed by atoms with E-state index in [0.717, 1.165) is 44.4 Å². The van der Waals surface area contributed by atoms with Gasteiger partial charge < -0.3 is 9.32 Å². The largest absolute Gasteiger partial charge is 0.455 e. The second kappa shape index (κ2) is 10.8. The van der Waals surface area contributed by atoms with Gasteiger partial charge in [-0.3, -0.25) is 0 Å². The Hall–Kier alpha value is -5.94. The van der Waals surface area contributed by atoms with Gasteiger partial charge in [0, 0.05) is 52.0 Å². The zero-order valence-corrected chi connectivity index (χ0v) is 28.4. The average Bonchev–Trinajstić information content (AvgIpc) is 3.87. The topological polar surface area (TPSA) is 16.4 Å². The first kappa shape index (κ1) is 28.0. The Morgan fingerprint density at radius 2 is 1.02 bits per heavy atom. The summed E-state index contributed by atoms with van der Waals surface area (Å²) >= 11 is 3.73. The predicted molar refractivity (Wildman–Crippen MR) is 217 cm³/mol. The lowest BCUT2D eigenvalue weighted by Crippen LogP contribution is -2.11. The van der Waals surface area contributed by atoms with Crippen LogP contribution in [0, 0.1) is 0 Å². The van der Waals surface area contributed by atoms with Crippen molar-refractivity contribution in [2.75, 3.05) is 4.90 Å². The normalized spacial score (nSPS) is 12.0. The summed E-state index contributed by atoms with van der Waals surface area (Å²) in [5.74, 6) is 0. The molecule has 11 aromatic rings. The van der Waals surface area contributed by atoms with E-state index in [1.165, 1.54) is 56.9 Å². The number of rotatable bonds is 4. The van der Waals surface area contributed by atoms with Gasteiger partial charge in [0.15, 0.2) is 0 Å². The lowest BCUT2D eigenvalue weighted by Gasteiger charge is -2.29. The highest BCUT2D eigenvalue weighted by atomic mass is 32.1. The smallest absolute Gasteiger partial charge is 0.143 e. The highest BCUT2D eigenvalue weighted by Gasteiger charge is 2.25. The summed E-state index contributed by atoms with van der Waals surface area (Å²) < 4.78 is 11.9. The fourth-order valence-electron chi connectivity index (χ4n) is 7.91. The minimum Gasteiger partial charge on any atom is -0.455 e. The molecule has 11 rings (SSSR count). The van der Waals surface area contributed by atoms with Crippen molar-refractivity contribution in [3.63, 3.8) is 0 Å². The van der Waals surface area contributed by atoms with Crippen LogP contribution in [-0.2, 0) is 0 Å². The van der Waals surface area contributed by atoms with E-state index in [1.807, 2.05) is 22.7 Å². The fraction of sp³-hybridized carbons (Fsp3) is 0. The van der Waals surface area contributed by atoms with E-state index in [-0.39, 0.29) is 0 Å². The fourth-order valence-corrected chi connectivity index (χ4v) is 10.3. The first-order valence-electron chi connectivity index (χ1n) is 16.8. The van der Waals surface area contributed by atoms with E-state index in [2.05, 4.69) is 169 Å². The van der Waals surface area contributed by atoms with E-state index >= 15 is 0 Å². The maximum Gasteiger partial charge on any atom is 0.143 e. The highest BCUT2D eigenvalue weighted by molar-refractivity contribution is 7.26. The van der Waals surface area contributed by atoms with Crippen LogP contribution in [0.3, 0.4) is 0 Å². The molecule has 0 saturated heterocycles. The van der Waals surface area contributed by atoms with Crippen molar-refractivity contribution in [2.24, 2.45) is 0 Å². The summed E-state index contributed by atoms with van der Waals surface area (Å²) in [6.45, 7) is 0. The molecule has 3 heterocycles. The summed E-state index contributed by atoms with van der Waals surface area (Å²) in [6.07, 6.45) is 0. The van der Waals surface area contributed by atoms with Crippen LogP contribution < -0.4 is 4.90 Å². The SMILES string of the molecule is c1ccc(N(c2cccc3c2sc2ccccc23)c2cccc3oc4c5ccccc5ccc4c23)c(-c2cccc3sc4ccccc4c23)c1. The molecule has 0 aliphatic carbocycles. The van der Waals surface area contributed by atoms with E-state index in [0.29, 0.717) is 0 Å². The van der Waals surface area contributed by atoms with Crippen LogP contribution in [0.1, 0.15) is 0 Å². The molecule has 4 heteroatoms. The number of para-hydroxylation sites is 1. The minimum absolute atomic E-state index is 0.880. The number of furan rings is 1. The quantitative estimate of drug-likeness (QED) is 0.185. The molecule has 234 valence electrons. The van der Waals surface area contributed by atoms with Gasteiger partial charge in [-0.15, -0.1) is 22.7 Å². The molecule has 50 heavy (non-hydrogen) atoms. The van der Waals surface area contributed by atoms with Gasteiger partial charge in [-0.25, -0.2) is 0 Å². The molecule has 0 radical (unpaired) electrons. The number of hydrogen-bond donors (Lipinski definition) is 0. The molecule has 0 amide bonds. The lowest BCUT2D eigenvalue weighted by atomic mass is 9.96. The molecule has 8 aromatic carbocycles. The number of benzene rings is 8. The Balaban J connectivity index is 1.27. The molecule has 0 aliphatic rings. The summed E-state index contributed by atoms with van der Waals surface area (Å²) in [5, 5.41) is 9.69. The van der Waals surface area contributed by atoms with Crippen LogP contribution in [0.15, 0.2) is 168 Å². The maximum absolute atomic E-state index is 6.75. The second-order valence-electron chi connectivity index (χ2n) is 12.8. The van der Waals surface area contributed by atoms with Gasteiger partial charge >= 0.3 is 0 Å². The van der Waals surface area contributed by atoms with Gasteiger partial charge in [-0.2, -0.15) is 0 Å². The highest BCUT2D eigenvalue weighted by Crippen LogP contribution is 2.51. The van der Waals surface area contributed by atoms with Crippen molar-refractivity contribution in [3.8, 4) is 11.1 Å². The monoisotopic (exact) mass is 673 g/mol. The van der Waals surface area contributed by atoms with Crippen LogP contribution in [0.2, 0.25) is 0 Å². The first-order valence-corrected chi connectivity index (χ1v) is 18.5. The van der Waals surface area contributed by atoms with E-state index in [4.69, 9.17) is 4.42 Å². The number of thiophene rings is 2. The van der Waals surface area contributed by atoms with Crippen LogP contribution in [0.25, 0.3) is 84.2 Å². The van der Waals surface area contributed by atoms with Gasteiger partial charge in [-0.1, -0.05) is 115 Å². The van der Waals surface area contributed by atoms with Crippen LogP contribution in [-0.4, -0.2) is 0 Å². The molecular formula is C46H27NOS2. The van der Waals surface area contributed by atoms with Gasteiger partial charge in [0.25, 0.3) is 0 Å². The van der Waals surface area contributed by atoms with Crippen LogP contribution in [0.5, 0.6) is 0 Å². The lowest BCUT2D eigenvalue weighted by molar-refractivity contribution is 0.672. The molecule has 0 unspecified atom stereocenters. The summed E-state index contributed by atoms with van der Waals surface area (Å²) in [4.78, 5) is 2.49. The summed E-state index contributed by atoms with van der Waals surface area (Å²) in [7, 11) is 0. The zero-order valence-electron chi connectivity index (χ0n) is 26.8.